The molecule has 0 radical (unpaired) electrons. The molecule has 1 aliphatic heterocycles. The monoisotopic (exact) mass is 439 g/mol. The molecule has 0 atom stereocenters. The molecule has 26 heavy (non-hydrogen) atoms. The van der Waals surface area contributed by atoms with Crippen molar-refractivity contribution in [2.75, 3.05) is 24.6 Å². The summed E-state index contributed by atoms with van der Waals surface area (Å²) in [4.78, 5) is 13.5. The van der Waals surface area contributed by atoms with Crippen LogP contribution in [0.25, 0.3) is 0 Å². The Hall–Kier alpha value is -1.67. The van der Waals surface area contributed by atoms with Gasteiger partial charge in [0.1, 0.15) is 5.75 Å². The maximum atomic E-state index is 11.2. The quantitative estimate of drug-likeness (QED) is 0.694. The zero-order valence-electron chi connectivity index (χ0n) is 14.7. The van der Waals surface area contributed by atoms with E-state index in [4.69, 9.17) is 4.74 Å². The molecule has 6 nitrogen and oxygen atoms in total. The van der Waals surface area contributed by atoms with Crippen molar-refractivity contribution in [3.63, 3.8) is 0 Å². The fourth-order valence-corrected chi connectivity index (χ4v) is 4.38. The van der Waals surface area contributed by atoms with Crippen molar-refractivity contribution in [3.05, 3.63) is 33.2 Å². The molecule has 0 spiro atoms. The maximum absolute atomic E-state index is 11.2. The topological polar surface area (TPSA) is 75.5 Å². The normalized spacial score (nSPS) is 15.2. The summed E-state index contributed by atoms with van der Waals surface area (Å²) in [7, 11) is 0. The number of halogens is 1. The average Bonchev–Trinajstić information content (AvgIpc) is 3.08. The standard InChI is InChI=1S/C18H22BrN3O3S/c1-2-13-11-14(3-4-15(13)16(23)24)25-10-7-12-5-8-22(9-6-12)18-21-20-17(19)26-18/h3-4,11-12H,2,5-10H2,1H3,(H,23,24). The zero-order valence-corrected chi connectivity index (χ0v) is 17.1. The van der Waals surface area contributed by atoms with Crippen LogP contribution in [0.15, 0.2) is 22.1 Å². The molecule has 1 aromatic heterocycles. The molecule has 0 saturated carbocycles. The number of aromatic nitrogens is 2. The number of carboxylic acids is 1. The van der Waals surface area contributed by atoms with Crippen molar-refractivity contribution in [1.82, 2.24) is 10.2 Å². The van der Waals surface area contributed by atoms with E-state index < -0.39 is 5.97 Å². The third-order valence-corrected chi connectivity index (χ3v) is 6.17. The first kappa shape index (κ1) is 19.1. The molecular formula is C18H22BrN3O3S. The van der Waals surface area contributed by atoms with E-state index in [1.807, 2.05) is 13.0 Å². The summed E-state index contributed by atoms with van der Waals surface area (Å²) < 4.78 is 6.69. The van der Waals surface area contributed by atoms with E-state index in [2.05, 4.69) is 31.0 Å². The molecule has 1 aromatic carbocycles. The highest BCUT2D eigenvalue weighted by Crippen LogP contribution is 2.29. The number of carbonyl (C=O) groups is 1. The molecule has 1 saturated heterocycles. The molecule has 3 rings (SSSR count). The van der Waals surface area contributed by atoms with Crippen LogP contribution in [0, 0.1) is 5.92 Å². The van der Waals surface area contributed by atoms with Crippen LogP contribution in [0.1, 0.15) is 42.1 Å². The largest absolute Gasteiger partial charge is 0.494 e. The van der Waals surface area contributed by atoms with E-state index in [-0.39, 0.29) is 0 Å². The first-order valence-electron chi connectivity index (χ1n) is 8.79. The molecule has 1 N–H and O–H groups in total. The van der Waals surface area contributed by atoms with Gasteiger partial charge in [-0.2, -0.15) is 0 Å². The van der Waals surface area contributed by atoms with Crippen molar-refractivity contribution >= 4 is 38.4 Å². The van der Waals surface area contributed by atoms with Crippen molar-refractivity contribution in [2.45, 2.75) is 32.6 Å². The molecule has 1 aliphatic rings. The lowest BCUT2D eigenvalue weighted by Crippen LogP contribution is -2.34. The fourth-order valence-electron chi connectivity index (χ4n) is 3.24. The zero-order chi connectivity index (χ0) is 18.5. The summed E-state index contributed by atoms with van der Waals surface area (Å²) in [6, 6.07) is 5.23. The molecule has 0 bridgehead atoms. The molecule has 2 aromatic rings. The van der Waals surface area contributed by atoms with Crippen molar-refractivity contribution in [2.24, 2.45) is 5.92 Å². The average molecular weight is 440 g/mol. The van der Waals surface area contributed by atoms with Gasteiger partial charge in [-0.05, 0) is 71.3 Å². The van der Waals surface area contributed by atoms with E-state index in [0.717, 1.165) is 52.7 Å². The van der Waals surface area contributed by atoms with Gasteiger partial charge in [0.2, 0.25) is 5.13 Å². The van der Waals surface area contributed by atoms with E-state index in [1.165, 1.54) is 0 Å². The van der Waals surface area contributed by atoms with Gasteiger partial charge < -0.3 is 14.7 Å². The number of hydrogen-bond donors (Lipinski definition) is 1. The summed E-state index contributed by atoms with van der Waals surface area (Å²) in [6.45, 7) is 4.61. The Morgan fingerprint density at radius 2 is 2.15 bits per heavy atom. The Morgan fingerprint density at radius 1 is 1.38 bits per heavy atom. The van der Waals surface area contributed by atoms with Crippen LogP contribution >= 0.6 is 27.3 Å². The maximum Gasteiger partial charge on any atom is 0.335 e. The van der Waals surface area contributed by atoms with Gasteiger partial charge >= 0.3 is 5.97 Å². The van der Waals surface area contributed by atoms with E-state index in [0.29, 0.717) is 24.5 Å². The lowest BCUT2D eigenvalue weighted by Gasteiger charge is -2.31. The van der Waals surface area contributed by atoms with Crippen LogP contribution in [0.4, 0.5) is 5.13 Å². The number of ether oxygens (including phenoxy) is 1. The number of nitrogens with zero attached hydrogens (tertiary/aromatic N) is 3. The lowest BCUT2D eigenvalue weighted by molar-refractivity contribution is 0.0695. The van der Waals surface area contributed by atoms with Gasteiger partial charge in [0, 0.05) is 13.1 Å². The van der Waals surface area contributed by atoms with E-state index in [1.54, 1.807) is 23.5 Å². The van der Waals surface area contributed by atoms with Crippen LogP contribution in [-0.2, 0) is 6.42 Å². The highest BCUT2D eigenvalue weighted by atomic mass is 79.9. The molecular weight excluding hydrogens is 418 g/mol. The predicted molar refractivity (Wildman–Crippen MR) is 105 cm³/mol. The first-order valence-corrected chi connectivity index (χ1v) is 10.4. The molecule has 1 fully saturated rings. The predicted octanol–water partition coefficient (Wildman–Crippen LogP) is 4.25. The van der Waals surface area contributed by atoms with E-state index in [9.17, 15) is 9.90 Å². The summed E-state index contributed by atoms with van der Waals surface area (Å²) in [5.41, 5.74) is 1.17. The van der Waals surface area contributed by atoms with Crippen LogP contribution in [0.3, 0.4) is 0 Å². The number of carboxylic acid groups (broad SMARTS) is 1. The minimum atomic E-state index is -0.886. The van der Waals surface area contributed by atoms with Crippen molar-refractivity contribution in [1.29, 1.82) is 0 Å². The Morgan fingerprint density at radius 3 is 2.77 bits per heavy atom. The fraction of sp³-hybridized carbons (Fsp3) is 0.500. The minimum Gasteiger partial charge on any atom is -0.494 e. The van der Waals surface area contributed by atoms with Crippen molar-refractivity contribution < 1.29 is 14.6 Å². The highest BCUT2D eigenvalue weighted by Gasteiger charge is 2.21. The minimum absolute atomic E-state index is 0.357. The second kappa shape index (κ2) is 8.81. The van der Waals surface area contributed by atoms with Crippen molar-refractivity contribution in [3.8, 4) is 5.75 Å². The van der Waals surface area contributed by atoms with Gasteiger partial charge in [0.25, 0.3) is 0 Å². The van der Waals surface area contributed by atoms with Crippen LogP contribution in [0.2, 0.25) is 0 Å². The van der Waals surface area contributed by atoms with Gasteiger partial charge in [0.15, 0.2) is 3.92 Å². The summed E-state index contributed by atoms with van der Waals surface area (Å²) >= 11 is 4.93. The Kier molecular flexibility index (Phi) is 6.48. The third kappa shape index (κ3) is 4.73. The molecule has 0 amide bonds. The number of aryl methyl sites for hydroxylation is 1. The third-order valence-electron chi connectivity index (χ3n) is 4.76. The Labute approximate surface area is 165 Å². The number of aromatic carboxylic acids is 1. The Bertz CT molecular complexity index is 760. The lowest BCUT2D eigenvalue weighted by atomic mass is 9.94. The van der Waals surface area contributed by atoms with Gasteiger partial charge in [-0.3, -0.25) is 0 Å². The number of piperidine rings is 1. The van der Waals surface area contributed by atoms with Crippen LogP contribution in [-0.4, -0.2) is 41.0 Å². The van der Waals surface area contributed by atoms with Gasteiger partial charge in [0.05, 0.1) is 12.2 Å². The van der Waals surface area contributed by atoms with Crippen LogP contribution < -0.4 is 9.64 Å². The van der Waals surface area contributed by atoms with Crippen LogP contribution in [0.5, 0.6) is 5.75 Å². The molecule has 0 aliphatic carbocycles. The van der Waals surface area contributed by atoms with Gasteiger partial charge in [-0.1, -0.05) is 18.3 Å². The summed E-state index contributed by atoms with van der Waals surface area (Å²) in [6.07, 6.45) is 3.94. The smallest absolute Gasteiger partial charge is 0.335 e. The molecule has 140 valence electrons. The number of rotatable bonds is 7. The van der Waals surface area contributed by atoms with E-state index >= 15 is 0 Å². The second-order valence-corrected chi connectivity index (χ2v) is 8.61. The first-order chi connectivity index (χ1) is 12.6. The summed E-state index contributed by atoms with van der Waals surface area (Å²) in [5, 5.41) is 18.4. The molecule has 2 heterocycles. The highest BCUT2D eigenvalue weighted by molar-refractivity contribution is 9.11. The van der Waals surface area contributed by atoms with Gasteiger partial charge in [-0.15, -0.1) is 10.2 Å². The molecule has 8 heteroatoms. The number of benzene rings is 1. The summed E-state index contributed by atoms with van der Waals surface area (Å²) in [5.74, 6) is 0.511. The number of anilines is 1. The molecule has 0 unspecified atom stereocenters. The second-order valence-electron chi connectivity index (χ2n) is 6.38. The van der Waals surface area contributed by atoms with Gasteiger partial charge in [-0.25, -0.2) is 4.79 Å². The SMILES string of the molecule is CCc1cc(OCCC2CCN(c3nnc(Br)s3)CC2)ccc1C(=O)O. The number of hydrogen-bond acceptors (Lipinski definition) is 6. The Balaban J connectivity index is 1.45.